The molecular formula is C10H15N3. The molecule has 0 unspecified atom stereocenters. The summed E-state index contributed by atoms with van der Waals surface area (Å²) in [6.07, 6.45) is 1.89. The van der Waals surface area contributed by atoms with Crippen molar-refractivity contribution in [3.8, 4) is 0 Å². The predicted molar refractivity (Wildman–Crippen MR) is 53.9 cm³/mol. The minimum Gasteiger partial charge on any atom is -0.362 e. The van der Waals surface area contributed by atoms with Gasteiger partial charge in [-0.25, -0.2) is 4.98 Å². The van der Waals surface area contributed by atoms with Gasteiger partial charge in [0.15, 0.2) is 0 Å². The fourth-order valence-electron chi connectivity index (χ4n) is 1.44. The molecule has 0 spiro atoms. The van der Waals surface area contributed by atoms with Crippen LogP contribution in [0.2, 0.25) is 0 Å². The molecule has 1 fully saturated rings. The van der Waals surface area contributed by atoms with Gasteiger partial charge in [0.05, 0.1) is 5.54 Å². The summed E-state index contributed by atoms with van der Waals surface area (Å²) in [6.45, 7) is 6.28. The van der Waals surface area contributed by atoms with Crippen molar-refractivity contribution in [2.75, 3.05) is 18.4 Å². The maximum Gasteiger partial charge on any atom is 0.126 e. The first-order chi connectivity index (χ1) is 6.18. The van der Waals surface area contributed by atoms with Gasteiger partial charge in [-0.05, 0) is 25.5 Å². The van der Waals surface area contributed by atoms with Gasteiger partial charge >= 0.3 is 0 Å². The van der Waals surface area contributed by atoms with Crippen LogP contribution in [0.3, 0.4) is 0 Å². The fourth-order valence-corrected chi connectivity index (χ4v) is 1.44. The molecular weight excluding hydrogens is 162 g/mol. The third kappa shape index (κ3) is 1.80. The second-order valence-corrected chi connectivity index (χ2v) is 4.01. The van der Waals surface area contributed by atoms with Crippen molar-refractivity contribution in [2.45, 2.75) is 19.4 Å². The van der Waals surface area contributed by atoms with E-state index in [-0.39, 0.29) is 5.54 Å². The Labute approximate surface area is 78.6 Å². The molecule has 0 bridgehead atoms. The van der Waals surface area contributed by atoms with Crippen molar-refractivity contribution < 1.29 is 0 Å². The van der Waals surface area contributed by atoms with Crippen molar-refractivity contribution in [3.63, 3.8) is 0 Å². The van der Waals surface area contributed by atoms with Crippen molar-refractivity contribution in [2.24, 2.45) is 0 Å². The van der Waals surface area contributed by atoms with Crippen LogP contribution in [0, 0.1) is 6.92 Å². The molecule has 2 N–H and O–H groups in total. The molecule has 3 nitrogen and oxygen atoms in total. The highest BCUT2D eigenvalue weighted by molar-refractivity contribution is 5.39. The van der Waals surface area contributed by atoms with Crippen LogP contribution in [0.25, 0.3) is 0 Å². The zero-order valence-corrected chi connectivity index (χ0v) is 8.09. The number of aryl methyl sites for hydroxylation is 1. The van der Waals surface area contributed by atoms with Crippen molar-refractivity contribution in [3.05, 3.63) is 23.9 Å². The number of nitrogens with one attached hydrogen (secondary N) is 2. The Balaban J connectivity index is 2.05. The molecule has 1 aromatic heterocycles. The number of aromatic nitrogens is 1. The molecule has 3 heteroatoms. The predicted octanol–water partition coefficient (Wildman–Crippen LogP) is 1.16. The largest absolute Gasteiger partial charge is 0.362 e. The van der Waals surface area contributed by atoms with Crippen molar-refractivity contribution in [1.82, 2.24) is 10.3 Å². The lowest BCUT2D eigenvalue weighted by molar-refractivity contribution is 0.337. The van der Waals surface area contributed by atoms with Gasteiger partial charge in [0.2, 0.25) is 0 Å². The molecule has 0 aromatic carbocycles. The highest BCUT2D eigenvalue weighted by Gasteiger charge is 2.31. The van der Waals surface area contributed by atoms with Gasteiger partial charge in [-0.3, -0.25) is 0 Å². The normalized spacial score (nSPS) is 19.2. The first-order valence-electron chi connectivity index (χ1n) is 4.60. The SMILES string of the molecule is Cc1ccc(NC2(C)CNC2)nc1. The number of rotatable bonds is 2. The minimum atomic E-state index is 0.197. The van der Waals surface area contributed by atoms with E-state index in [1.807, 2.05) is 19.2 Å². The minimum absolute atomic E-state index is 0.197. The fraction of sp³-hybridized carbons (Fsp3) is 0.500. The van der Waals surface area contributed by atoms with E-state index < -0.39 is 0 Å². The summed E-state index contributed by atoms with van der Waals surface area (Å²) in [5.74, 6) is 0.967. The van der Waals surface area contributed by atoms with Crippen LogP contribution in [0.5, 0.6) is 0 Å². The van der Waals surface area contributed by atoms with E-state index in [4.69, 9.17) is 0 Å². The first-order valence-corrected chi connectivity index (χ1v) is 4.60. The van der Waals surface area contributed by atoms with Crippen LogP contribution in [0.4, 0.5) is 5.82 Å². The smallest absolute Gasteiger partial charge is 0.126 e. The molecule has 2 rings (SSSR count). The third-order valence-corrected chi connectivity index (χ3v) is 2.37. The molecule has 1 aromatic rings. The monoisotopic (exact) mass is 177 g/mol. The Morgan fingerprint density at radius 2 is 2.23 bits per heavy atom. The van der Waals surface area contributed by atoms with Gasteiger partial charge in [0.25, 0.3) is 0 Å². The molecule has 1 aliphatic rings. The van der Waals surface area contributed by atoms with E-state index in [9.17, 15) is 0 Å². The molecule has 1 aliphatic heterocycles. The van der Waals surface area contributed by atoms with Crippen LogP contribution in [-0.2, 0) is 0 Å². The standard InChI is InChI=1S/C10H15N3/c1-8-3-4-9(12-5-8)13-10(2)6-11-7-10/h3-5,11H,6-7H2,1-2H3,(H,12,13). The van der Waals surface area contributed by atoms with Gasteiger partial charge in [-0.15, -0.1) is 0 Å². The highest BCUT2D eigenvalue weighted by atomic mass is 15.2. The molecule has 0 aliphatic carbocycles. The summed E-state index contributed by atoms with van der Waals surface area (Å²) in [4.78, 5) is 4.31. The average Bonchev–Trinajstić information content (AvgIpc) is 2.06. The van der Waals surface area contributed by atoms with E-state index >= 15 is 0 Å². The van der Waals surface area contributed by atoms with Gasteiger partial charge in [0.1, 0.15) is 5.82 Å². The molecule has 13 heavy (non-hydrogen) atoms. The van der Waals surface area contributed by atoms with E-state index in [0.717, 1.165) is 18.9 Å². The first kappa shape index (κ1) is 8.51. The Kier molecular flexibility index (Phi) is 1.96. The topological polar surface area (TPSA) is 37.0 Å². The molecule has 0 radical (unpaired) electrons. The second-order valence-electron chi connectivity index (χ2n) is 4.01. The van der Waals surface area contributed by atoms with E-state index in [1.165, 1.54) is 5.56 Å². The number of hydrogen-bond donors (Lipinski definition) is 2. The third-order valence-electron chi connectivity index (χ3n) is 2.37. The summed E-state index contributed by atoms with van der Waals surface area (Å²) in [5.41, 5.74) is 1.39. The maximum absolute atomic E-state index is 4.31. The zero-order chi connectivity index (χ0) is 9.31. The number of nitrogens with zero attached hydrogens (tertiary/aromatic N) is 1. The van der Waals surface area contributed by atoms with Crippen molar-refractivity contribution in [1.29, 1.82) is 0 Å². The van der Waals surface area contributed by atoms with Gasteiger partial charge in [0, 0.05) is 19.3 Å². The molecule has 0 atom stereocenters. The molecule has 0 saturated carbocycles. The van der Waals surface area contributed by atoms with Crippen molar-refractivity contribution >= 4 is 5.82 Å². The lowest BCUT2D eigenvalue weighted by Crippen LogP contribution is -2.62. The summed E-state index contributed by atoms with van der Waals surface area (Å²) in [7, 11) is 0. The van der Waals surface area contributed by atoms with Crippen LogP contribution in [-0.4, -0.2) is 23.6 Å². The Morgan fingerprint density at radius 1 is 1.46 bits per heavy atom. The summed E-state index contributed by atoms with van der Waals surface area (Å²) in [5, 5.41) is 6.65. The molecule has 0 amide bonds. The van der Waals surface area contributed by atoms with Gasteiger partial charge in [-0.2, -0.15) is 0 Å². The second kappa shape index (κ2) is 3.00. The van der Waals surface area contributed by atoms with Crippen LogP contribution >= 0.6 is 0 Å². The summed E-state index contributed by atoms with van der Waals surface area (Å²) >= 11 is 0. The molecule has 2 heterocycles. The number of pyridine rings is 1. The summed E-state index contributed by atoms with van der Waals surface area (Å²) in [6, 6.07) is 4.10. The number of anilines is 1. The lowest BCUT2D eigenvalue weighted by atomic mass is 9.95. The Bertz CT molecular complexity index is 288. The van der Waals surface area contributed by atoms with Gasteiger partial charge < -0.3 is 10.6 Å². The molecule has 1 saturated heterocycles. The molecule has 70 valence electrons. The Morgan fingerprint density at radius 3 is 2.69 bits per heavy atom. The average molecular weight is 177 g/mol. The van der Waals surface area contributed by atoms with E-state index in [1.54, 1.807) is 0 Å². The Hall–Kier alpha value is -1.09. The summed E-state index contributed by atoms with van der Waals surface area (Å²) < 4.78 is 0. The van der Waals surface area contributed by atoms with E-state index in [2.05, 4.69) is 28.6 Å². The zero-order valence-electron chi connectivity index (χ0n) is 8.09. The quantitative estimate of drug-likeness (QED) is 0.712. The van der Waals surface area contributed by atoms with Crippen LogP contribution in [0.15, 0.2) is 18.3 Å². The van der Waals surface area contributed by atoms with E-state index in [0.29, 0.717) is 0 Å². The highest BCUT2D eigenvalue weighted by Crippen LogP contribution is 2.16. The maximum atomic E-state index is 4.31. The van der Waals surface area contributed by atoms with Gasteiger partial charge in [-0.1, -0.05) is 6.07 Å². The van der Waals surface area contributed by atoms with Crippen LogP contribution in [0.1, 0.15) is 12.5 Å². The number of hydrogen-bond acceptors (Lipinski definition) is 3. The van der Waals surface area contributed by atoms with Crippen LogP contribution < -0.4 is 10.6 Å². The lowest BCUT2D eigenvalue weighted by Gasteiger charge is -2.40.